The van der Waals surface area contributed by atoms with Gasteiger partial charge in [0.25, 0.3) is 0 Å². The zero-order chi connectivity index (χ0) is 9.97. The van der Waals surface area contributed by atoms with Gasteiger partial charge in [-0.15, -0.1) is 0 Å². The van der Waals surface area contributed by atoms with E-state index in [1.807, 2.05) is 0 Å². The van der Waals surface area contributed by atoms with Crippen molar-refractivity contribution in [2.45, 2.75) is 6.04 Å². The SMILES string of the molecule is O=C(O)c1ccnc(NC2COC2)n1. The van der Waals surface area contributed by atoms with Gasteiger partial charge >= 0.3 is 5.97 Å². The number of aromatic nitrogens is 2. The highest BCUT2D eigenvalue weighted by Gasteiger charge is 2.19. The molecule has 2 N–H and O–H groups in total. The molecule has 0 aliphatic carbocycles. The summed E-state index contributed by atoms with van der Waals surface area (Å²) in [6, 6.07) is 1.55. The predicted molar refractivity (Wildman–Crippen MR) is 47.2 cm³/mol. The summed E-state index contributed by atoms with van der Waals surface area (Å²) in [6.07, 6.45) is 1.41. The van der Waals surface area contributed by atoms with Crippen LogP contribution in [0.5, 0.6) is 0 Å². The second-order valence-electron chi connectivity index (χ2n) is 2.95. The highest BCUT2D eigenvalue weighted by molar-refractivity contribution is 5.85. The second-order valence-corrected chi connectivity index (χ2v) is 2.95. The van der Waals surface area contributed by atoms with Crippen LogP contribution in [0.1, 0.15) is 10.5 Å². The maximum absolute atomic E-state index is 10.6. The van der Waals surface area contributed by atoms with Crippen LogP contribution in [0, 0.1) is 0 Å². The number of carboxylic acid groups (broad SMARTS) is 1. The molecule has 2 rings (SSSR count). The number of hydrogen-bond acceptors (Lipinski definition) is 5. The summed E-state index contributed by atoms with van der Waals surface area (Å²) in [4.78, 5) is 18.3. The van der Waals surface area contributed by atoms with Gasteiger partial charge in [-0.1, -0.05) is 0 Å². The van der Waals surface area contributed by atoms with Gasteiger partial charge in [0.05, 0.1) is 19.3 Å². The molecule has 1 aromatic heterocycles. The molecule has 0 unspecified atom stereocenters. The summed E-state index contributed by atoms with van der Waals surface area (Å²) in [5.74, 6) is -0.724. The molecular formula is C8H9N3O3. The number of aromatic carboxylic acids is 1. The Hall–Kier alpha value is -1.69. The molecule has 0 atom stereocenters. The summed E-state index contributed by atoms with van der Waals surface area (Å²) < 4.78 is 4.95. The average Bonchev–Trinajstić information content (AvgIpc) is 2.12. The van der Waals surface area contributed by atoms with Crippen molar-refractivity contribution in [3.63, 3.8) is 0 Å². The van der Waals surface area contributed by atoms with Crippen LogP contribution in [0.3, 0.4) is 0 Å². The van der Waals surface area contributed by atoms with Crippen LogP contribution in [0.4, 0.5) is 5.95 Å². The van der Waals surface area contributed by atoms with Crippen molar-refractivity contribution in [2.24, 2.45) is 0 Å². The largest absolute Gasteiger partial charge is 0.477 e. The van der Waals surface area contributed by atoms with E-state index in [1.165, 1.54) is 12.3 Å². The van der Waals surface area contributed by atoms with Crippen LogP contribution in [-0.2, 0) is 4.74 Å². The van der Waals surface area contributed by atoms with Gasteiger partial charge < -0.3 is 15.2 Å². The zero-order valence-electron chi connectivity index (χ0n) is 7.30. The normalized spacial score (nSPS) is 16.0. The summed E-state index contributed by atoms with van der Waals surface area (Å²) >= 11 is 0. The molecule has 0 spiro atoms. The van der Waals surface area contributed by atoms with Crippen molar-refractivity contribution in [3.05, 3.63) is 18.0 Å². The maximum Gasteiger partial charge on any atom is 0.354 e. The summed E-state index contributed by atoms with van der Waals surface area (Å²) in [7, 11) is 0. The van der Waals surface area contributed by atoms with Crippen molar-refractivity contribution in [1.82, 2.24) is 9.97 Å². The smallest absolute Gasteiger partial charge is 0.354 e. The Morgan fingerprint density at radius 3 is 3.00 bits per heavy atom. The number of carboxylic acids is 1. The molecule has 1 aromatic rings. The van der Waals surface area contributed by atoms with Gasteiger partial charge in [-0.2, -0.15) is 0 Å². The van der Waals surface area contributed by atoms with E-state index in [2.05, 4.69) is 15.3 Å². The molecule has 2 heterocycles. The van der Waals surface area contributed by atoms with Crippen LogP contribution >= 0.6 is 0 Å². The van der Waals surface area contributed by atoms with Crippen molar-refractivity contribution < 1.29 is 14.6 Å². The Morgan fingerprint density at radius 1 is 1.64 bits per heavy atom. The quantitative estimate of drug-likeness (QED) is 0.705. The van der Waals surface area contributed by atoms with Crippen molar-refractivity contribution in [1.29, 1.82) is 0 Å². The molecule has 74 valence electrons. The van der Waals surface area contributed by atoms with E-state index < -0.39 is 5.97 Å². The third-order valence-corrected chi connectivity index (χ3v) is 1.85. The predicted octanol–water partition coefficient (Wildman–Crippen LogP) is -0.0145. The number of nitrogens with zero attached hydrogens (tertiary/aromatic N) is 2. The van der Waals surface area contributed by atoms with Gasteiger partial charge in [-0.25, -0.2) is 14.8 Å². The number of ether oxygens (including phenoxy) is 1. The van der Waals surface area contributed by atoms with E-state index in [9.17, 15) is 4.79 Å². The van der Waals surface area contributed by atoms with Crippen LogP contribution < -0.4 is 5.32 Å². The lowest BCUT2D eigenvalue weighted by Crippen LogP contribution is -2.40. The average molecular weight is 195 g/mol. The van der Waals surface area contributed by atoms with Crippen molar-refractivity contribution >= 4 is 11.9 Å². The Bertz CT molecular complexity index is 351. The molecule has 0 amide bonds. The fraction of sp³-hybridized carbons (Fsp3) is 0.375. The van der Waals surface area contributed by atoms with Gasteiger partial charge in [0.2, 0.25) is 5.95 Å². The fourth-order valence-electron chi connectivity index (χ4n) is 1.05. The molecule has 6 nitrogen and oxygen atoms in total. The molecular weight excluding hydrogens is 186 g/mol. The van der Waals surface area contributed by atoms with Crippen LogP contribution in [-0.4, -0.2) is 40.3 Å². The summed E-state index contributed by atoms with van der Waals surface area (Å²) in [5, 5.41) is 11.6. The molecule has 0 bridgehead atoms. The molecule has 1 fully saturated rings. The topological polar surface area (TPSA) is 84.3 Å². The Kier molecular flexibility index (Phi) is 2.28. The van der Waals surface area contributed by atoms with Gasteiger partial charge in [0.1, 0.15) is 0 Å². The molecule has 1 aliphatic heterocycles. The van der Waals surface area contributed by atoms with Crippen LogP contribution in [0.15, 0.2) is 12.3 Å². The Labute approximate surface area is 79.9 Å². The number of nitrogens with one attached hydrogen (secondary N) is 1. The molecule has 0 aromatic carbocycles. The van der Waals surface area contributed by atoms with Crippen LogP contribution in [0.2, 0.25) is 0 Å². The monoisotopic (exact) mass is 195 g/mol. The third kappa shape index (κ3) is 1.80. The minimum atomic E-state index is -1.06. The highest BCUT2D eigenvalue weighted by Crippen LogP contribution is 2.07. The number of rotatable bonds is 3. The fourth-order valence-corrected chi connectivity index (χ4v) is 1.05. The van der Waals surface area contributed by atoms with E-state index >= 15 is 0 Å². The van der Waals surface area contributed by atoms with Crippen molar-refractivity contribution in [2.75, 3.05) is 18.5 Å². The first-order chi connectivity index (χ1) is 6.75. The Balaban J connectivity index is 2.09. The highest BCUT2D eigenvalue weighted by atomic mass is 16.5. The molecule has 1 aliphatic rings. The first kappa shape index (κ1) is 8.89. The van der Waals surface area contributed by atoms with E-state index in [4.69, 9.17) is 9.84 Å². The van der Waals surface area contributed by atoms with Gasteiger partial charge in [-0.05, 0) is 6.07 Å². The molecule has 0 radical (unpaired) electrons. The second kappa shape index (κ2) is 3.59. The van der Waals surface area contributed by atoms with E-state index in [-0.39, 0.29) is 11.7 Å². The third-order valence-electron chi connectivity index (χ3n) is 1.85. The lowest BCUT2D eigenvalue weighted by atomic mass is 10.3. The minimum absolute atomic E-state index is 0.0114. The van der Waals surface area contributed by atoms with Crippen molar-refractivity contribution in [3.8, 4) is 0 Å². The first-order valence-electron chi connectivity index (χ1n) is 4.16. The lowest BCUT2D eigenvalue weighted by molar-refractivity contribution is 0.0207. The number of hydrogen-bond donors (Lipinski definition) is 2. The lowest BCUT2D eigenvalue weighted by Gasteiger charge is -2.26. The molecule has 0 saturated carbocycles. The number of carbonyl (C=O) groups is 1. The first-order valence-corrected chi connectivity index (χ1v) is 4.16. The summed E-state index contributed by atoms with van der Waals surface area (Å²) in [5.41, 5.74) is -0.0114. The van der Waals surface area contributed by atoms with Crippen LogP contribution in [0.25, 0.3) is 0 Å². The number of anilines is 1. The van der Waals surface area contributed by atoms with Gasteiger partial charge in [-0.3, -0.25) is 0 Å². The van der Waals surface area contributed by atoms with Gasteiger partial charge in [0.15, 0.2) is 5.69 Å². The zero-order valence-corrected chi connectivity index (χ0v) is 7.30. The van der Waals surface area contributed by atoms with Gasteiger partial charge in [0, 0.05) is 6.20 Å². The van der Waals surface area contributed by atoms with E-state index in [0.717, 1.165) is 0 Å². The Morgan fingerprint density at radius 2 is 2.43 bits per heavy atom. The maximum atomic E-state index is 10.6. The summed E-state index contributed by atoms with van der Waals surface area (Å²) in [6.45, 7) is 1.22. The standard InChI is InChI=1S/C8H9N3O3/c12-7(13)6-1-2-9-8(11-6)10-5-3-14-4-5/h1-2,5H,3-4H2,(H,12,13)(H,9,10,11). The van der Waals surface area contributed by atoms with E-state index in [0.29, 0.717) is 19.2 Å². The molecule has 1 saturated heterocycles. The molecule has 6 heteroatoms. The minimum Gasteiger partial charge on any atom is -0.477 e. The molecule has 14 heavy (non-hydrogen) atoms. The van der Waals surface area contributed by atoms with E-state index in [1.54, 1.807) is 0 Å².